The fourth-order valence-corrected chi connectivity index (χ4v) is 4.66. The third-order valence-corrected chi connectivity index (χ3v) is 5.68. The highest BCUT2D eigenvalue weighted by Crippen LogP contribution is 2.69. The lowest BCUT2D eigenvalue weighted by Gasteiger charge is -2.14. The minimum Gasteiger partial charge on any atom is -0.309 e. The summed E-state index contributed by atoms with van der Waals surface area (Å²) in [5.41, 5.74) is 1.09. The summed E-state index contributed by atoms with van der Waals surface area (Å²) in [5.74, 6) is 4.21. The molecule has 1 amide bonds. The number of amides is 1. The Balaban J connectivity index is 1.43. The van der Waals surface area contributed by atoms with Crippen molar-refractivity contribution in [1.29, 1.82) is 0 Å². The van der Waals surface area contributed by atoms with E-state index in [1.807, 2.05) is 6.07 Å². The molecule has 1 heterocycles. The van der Waals surface area contributed by atoms with E-state index in [1.54, 1.807) is 0 Å². The number of hydrogen-bond acceptors (Lipinski definition) is 2. The molecule has 4 heteroatoms. The maximum atomic E-state index is 12.4. The van der Waals surface area contributed by atoms with Gasteiger partial charge in [0.2, 0.25) is 5.91 Å². The zero-order valence-electron chi connectivity index (χ0n) is 12.4. The predicted octanol–water partition coefficient (Wildman–Crippen LogP) is 2.94. The Bertz CT molecular complexity index is 540. The smallest absolute Gasteiger partial charge is 0.229 e. The molecule has 20 heavy (non-hydrogen) atoms. The van der Waals surface area contributed by atoms with Crippen LogP contribution in [0.4, 0.5) is 5.82 Å². The third-order valence-electron chi connectivity index (χ3n) is 5.68. The van der Waals surface area contributed by atoms with E-state index < -0.39 is 0 Å². The maximum absolute atomic E-state index is 12.4. The molecule has 1 aromatic heterocycles. The van der Waals surface area contributed by atoms with Crippen LogP contribution in [0.5, 0.6) is 0 Å². The lowest BCUT2D eigenvalue weighted by atomic mass is 9.92. The number of aromatic amines is 1. The van der Waals surface area contributed by atoms with Crippen LogP contribution in [-0.2, 0) is 10.2 Å². The molecule has 3 aliphatic rings. The Morgan fingerprint density at radius 3 is 2.50 bits per heavy atom. The molecule has 3 saturated carbocycles. The van der Waals surface area contributed by atoms with Crippen molar-refractivity contribution in [3.8, 4) is 0 Å². The van der Waals surface area contributed by atoms with Crippen molar-refractivity contribution in [3.63, 3.8) is 0 Å². The van der Waals surface area contributed by atoms with Crippen LogP contribution in [0, 0.1) is 29.6 Å². The molecule has 2 N–H and O–H groups in total. The summed E-state index contributed by atoms with van der Waals surface area (Å²) < 4.78 is 0. The van der Waals surface area contributed by atoms with Gasteiger partial charge < -0.3 is 5.32 Å². The van der Waals surface area contributed by atoms with Gasteiger partial charge in [-0.25, -0.2) is 0 Å². The minimum atomic E-state index is 0.0329. The Morgan fingerprint density at radius 1 is 1.30 bits per heavy atom. The number of rotatable bonds is 2. The van der Waals surface area contributed by atoms with Gasteiger partial charge >= 0.3 is 0 Å². The molecule has 0 aromatic carbocycles. The van der Waals surface area contributed by atoms with Crippen LogP contribution in [0.15, 0.2) is 6.07 Å². The number of H-pyrrole nitrogens is 1. The van der Waals surface area contributed by atoms with E-state index in [4.69, 9.17) is 0 Å². The number of nitrogens with one attached hydrogen (secondary N) is 2. The van der Waals surface area contributed by atoms with Crippen LogP contribution in [0.25, 0.3) is 0 Å². The highest BCUT2D eigenvalue weighted by Gasteiger charge is 2.67. The number of fused-ring (bicyclic) bond motifs is 5. The van der Waals surface area contributed by atoms with E-state index in [2.05, 4.69) is 36.3 Å². The van der Waals surface area contributed by atoms with Crippen LogP contribution >= 0.6 is 0 Å². The fraction of sp³-hybridized carbons (Fsp3) is 0.750. The van der Waals surface area contributed by atoms with Gasteiger partial charge in [0.05, 0.1) is 0 Å². The molecular weight excluding hydrogens is 250 g/mol. The molecule has 0 aliphatic heterocycles. The van der Waals surface area contributed by atoms with Gasteiger partial charge in [-0.15, -0.1) is 0 Å². The van der Waals surface area contributed by atoms with E-state index in [1.165, 1.54) is 19.3 Å². The highest BCUT2D eigenvalue weighted by atomic mass is 16.2. The molecule has 0 spiro atoms. The van der Waals surface area contributed by atoms with Gasteiger partial charge in [-0.1, -0.05) is 20.8 Å². The molecule has 1 aromatic rings. The normalized spacial score (nSPS) is 37.9. The summed E-state index contributed by atoms with van der Waals surface area (Å²) >= 11 is 0. The summed E-state index contributed by atoms with van der Waals surface area (Å²) in [4.78, 5) is 12.4. The van der Waals surface area contributed by atoms with Gasteiger partial charge in [-0.05, 0) is 42.9 Å². The monoisotopic (exact) mass is 273 g/mol. The molecule has 4 rings (SSSR count). The molecule has 0 radical (unpaired) electrons. The Labute approximate surface area is 119 Å². The van der Waals surface area contributed by atoms with E-state index >= 15 is 0 Å². The number of carbonyl (C=O) groups excluding carboxylic acids is 1. The first-order valence-corrected chi connectivity index (χ1v) is 7.82. The second-order valence-corrected chi connectivity index (χ2v) is 7.92. The van der Waals surface area contributed by atoms with Crippen LogP contribution in [0.3, 0.4) is 0 Å². The Morgan fingerprint density at radius 2 is 1.95 bits per heavy atom. The van der Waals surface area contributed by atoms with Gasteiger partial charge in [0.1, 0.15) is 0 Å². The highest BCUT2D eigenvalue weighted by molar-refractivity contribution is 5.94. The quantitative estimate of drug-likeness (QED) is 0.870. The molecular formula is C16H23N3O. The van der Waals surface area contributed by atoms with Crippen molar-refractivity contribution in [2.24, 2.45) is 29.6 Å². The molecule has 3 aliphatic carbocycles. The lowest BCUT2D eigenvalue weighted by molar-refractivity contribution is -0.118. The van der Waals surface area contributed by atoms with Gasteiger partial charge in [-0.3, -0.25) is 9.89 Å². The van der Waals surface area contributed by atoms with E-state index in [9.17, 15) is 4.79 Å². The summed E-state index contributed by atoms with van der Waals surface area (Å²) in [6.45, 7) is 6.40. The van der Waals surface area contributed by atoms with Crippen molar-refractivity contribution in [2.75, 3.05) is 5.32 Å². The molecule has 108 valence electrons. The first kappa shape index (κ1) is 12.4. The zero-order chi connectivity index (χ0) is 14.1. The standard InChI is InChI=1S/C16H23N3O/c1-16(2,3)10-7-11(19-18-10)17-15(20)14-12-8-4-5-9(6-8)13(12)14/h7-9,12-14H,4-6H2,1-3H3,(H2,17,18,19,20). The molecule has 3 fully saturated rings. The SMILES string of the molecule is CC(C)(C)c1cc(NC(=O)C2C3C4CCC(C4)C23)n[nH]1. The first-order valence-electron chi connectivity index (χ1n) is 7.82. The summed E-state index contributed by atoms with van der Waals surface area (Å²) in [6, 6.07) is 1.96. The lowest BCUT2D eigenvalue weighted by Crippen LogP contribution is -2.18. The van der Waals surface area contributed by atoms with Crippen LogP contribution in [0.2, 0.25) is 0 Å². The molecule has 2 bridgehead atoms. The molecule has 4 nitrogen and oxygen atoms in total. The third kappa shape index (κ3) is 1.73. The van der Waals surface area contributed by atoms with Gasteiger partial charge in [-0.2, -0.15) is 5.10 Å². The van der Waals surface area contributed by atoms with Crippen molar-refractivity contribution >= 4 is 11.7 Å². The van der Waals surface area contributed by atoms with Gasteiger partial charge in [0.15, 0.2) is 5.82 Å². The average Bonchev–Trinajstić information content (AvgIpc) is 2.76. The largest absolute Gasteiger partial charge is 0.309 e. The first-order chi connectivity index (χ1) is 9.45. The van der Waals surface area contributed by atoms with E-state index in [-0.39, 0.29) is 17.2 Å². The van der Waals surface area contributed by atoms with Gasteiger partial charge in [0, 0.05) is 23.1 Å². The van der Waals surface area contributed by atoms with Gasteiger partial charge in [0.25, 0.3) is 0 Å². The summed E-state index contributed by atoms with van der Waals surface area (Å²) in [7, 11) is 0. The zero-order valence-corrected chi connectivity index (χ0v) is 12.4. The van der Waals surface area contributed by atoms with Crippen LogP contribution in [-0.4, -0.2) is 16.1 Å². The summed E-state index contributed by atoms with van der Waals surface area (Å²) in [5, 5.41) is 10.3. The van der Waals surface area contributed by atoms with E-state index in [0.29, 0.717) is 17.7 Å². The second-order valence-electron chi connectivity index (χ2n) is 7.92. The molecule has 4 unspecified atom stereocenters. The summed E-state index contributed by atoms with van der Waals surface area (Å²) in [6.07, 6.45) is 4.09. The van der Waals surface area contributed by atoms with Crippen molar-refractivity contribution < 1.29 is 4.79 Å². The Hall–Kier alpha value is -1.32. The number of carbonyl (C=O) groups is 1. The van der Waals surface area contributed by atoms with Crippen LogP contribution < -0.4 is 5.32 Å². The molecule has 4 atom stereocenters. The van der Waals surface area contributed by atoms with Crippen molar-refractivity contribution in [3.05, 3.63) is 11.8 Å². The van der Waals surface area contributed by atoms with Crippen molar-refractivity contribution in [2.45, 2.75) is 45.4 Å². The number of aromatic nitrogens is 2. The average molecular weight is 273 g/mol. The predicted molar refractivity (Wildman–Crippen MR) is 77.2 cm³/mol. The maximum Gasteiger partial charge on any atom is 0.229 e. The Kier molecular flexibility index (Phi) is 2.40. The van der Waals surface area contributed by atoms with E-state index in [0.717, 1.165) is 17.5 Å². The number of hydrogen-bond donors (Lipinski definition) is 2. The molecule has 0 saturated heterocycles. The second kappa shape index (κ2) is 3.86. The fourth-order valence-electron chi connectivity index (χ4n) is 4.66. The number of nitrogens with zero attached hydrogens (tertiary/aromatic N) is 1. The number of anilines is 1. The van der Waals surface area contributed by atoms with Crippen molar-refractivity contribution in [1.82, 2.24) is 10.2 Å². The minimum absolute atomic E-state index is 0.0329. The van der Waals surface area contributed by atoms with Crippen LogP contribution in [0.1, 0.15) is 45.7 Å². The topological polar surface area (TPSA) is 57.8 Å².